The molecule has 0 aliphatic carbocycles. The third-order valence-electron chi connectivity index (χ3n) is 3.06. The van der Waals surface area contributed by atoms with Crippen LogP contribution >= 0.6 is 23.6 Å². The number of nitrogens with zero attached hydrogens (tertiary/aromatic N) is 3. The fourth-order valence-corrected chi connectivity index (χ4v) is 2.77. The maximum Gasteiger partial charge on any atom is 0.262 e. The zero-order valence-electron chi connectivity index (χ0n) is 11.3. The average molecular weight is 333 g/mol. The van der Waals surface area contributed by atoms with E-state index in [4.69, 9.17) is 12.2 Å². The Morgan fingerprint density at radius 2 is 2.23 bits per heavy atom. The second kappa shape index (κ2) is 6.16. The van der Waals surface area contributed by atoms with Crippen LogP contribution in [-0.4, -0.2) is 25.7 Å². The van der Waals surface area contributed by atoms with Crippen LogP contribution in [0.2, 0.25) is 0 Å². The van der Waals surface area contributed by atoms with E-state index in [0.717, 1.165) is 0 Å². The number of aromatic amines is 1. The number of benzene rings is 1. The number of carbonyl (C=O) groups excluding carboxylic acids is 1. The van der Waals surface area contributed by atoms with Crippen LogP contribution in [0.15, 0.2) is 34.6 Å². The summed E-state index contributed by atoms with van der Waals surface area (Å²) < 4.78 is 1.68. The standard InChI is InChI=1S/C13H11N5O2S2/c19-10(16-12-17-14-7-22-12)5-6-18-11(20)8-3-1-2-4-9(8)15-13(18)21/h1-4,7H,5-6H2,(H,15,21)(H,16,17,19). The topological polar surface area (TPSA) is 92.7 Å². The minimum Gasteiger partial charge on any atom is -0.332 e. The molecule has 0 aliphatic rings. The Kier molecular flexibility index (Phi) is 4.07. The fraction of sp³-hybridized carbons (Fsp3) is 0.154. The monoisotopic (exact) mass is 333 g/mol. The molecule has 2 heterocycles. The number of fused-ring (bicyclic) bond motifs is 1. The summed E-state index contributed by atoms with van der Waals surface area (Å²) in [4.78, 5) is 27.2. The lowest BCUT2D eigenvalue weighted by molar-refractivity contribution is -0.116. The number of aromatic nitrogens is 4. The summed E-state index contributed by atoms with van der Waals surface area (Å²) in [5.74, 6) is -0.244. The van der Waals surface area contributed by atoms with Crippen molar-refractivity contribution >= 4 is 45.5 Å². The van der Waals surface area contributed by atoms with Gasteiger partial charge < -0.3 is 10.3 Å². The van der Waals surface area contributed by atoms with Gasteiger partial charge in [-0.2, -0.15) is 0 Å². The SMILES string of the molecule is O=C(CCn1c(=S)[nH]c2ccccc2c1=O)Nc1nncs1. The van der Waals surface area contributed by atoms with E-state index in [1.165, 1.54) is 21.4 Å². The van der Waals surface area contributed by atoms with Gasteiger partial charge in [-0.05, 0) is 24.4 Å². The molecule has 3 rings (SSSR count). The fourth-order valence-electron chi connectivity index (χ4n) is 2.02. The highest BCUT2D eigenvalue weighted by Gasteiger charge is 2.09. The molecule has 9 heteroatoms. The lowest BCUT2D eigenvalue weighted by atomic mass is 10.2. The Bertz CT molecular complexity index is 929. The molecular weight excluding hydrogens is 322 g/mol. The normalized spacial score (nSPS) is 10.7. The summed E-state index contributed by atoms with van der Waals surface area (Å²) in [6.45, 7) is 0.198. The highest BCUT2D eigenvalue weighted by atomic mass is 32.1. The van der Waals surface area contributed by atoms with E-state index in [-0.39, 0.29) is 24.4 Å². The molecule has 0 aliphatic heterocycles. The molecule has 0 spiro atoms. The van der Waals surface area contributed by atoms with Gasteiger partial charge in [-0.1, -0.05) is 23.5 Å². The van der Waals surface area contributed by atoms with Crippen molar-refractivity contribution in [3.8, 4) is 0 Å². The van der Waals surface area contributed by atoms with Crippen LogP contribution in [0.25, 0.3) is 10.9 Å². The first-order chi connectivity index (χ1) is 10.6. The molecule has 0 unspecified atom stereocenters. The van der Waals surface area contributed by atoms with Gasteiger partial charge in [0.25, 0.3) is 5.56 Å². The Morgan fingerprint density at radius 1 is 1.41 bits per heavy atom. The summed E-state index contributed by atoms with van der Waals surface area (Å²) in [5, 5.41) is 10.9. The first-order valence-corrected chi connectivity index (χ1v) is 7.72. The average Bonchev–Trinajstić information content (AvgIpc) is 3.00. The molecule has 2 N–H and O–H groups in total. The molecule has 1 amide bonds. The molecule has 0 atom stereocenters. The molecule has 0 saturated carbocycles. The summed E-state index contributed by atoms with van der Waals surface area (Å²) in [6, 6.07) is 7.12. The van der Waals surface area contributed by atoms with Gasteiger partial charge in [-0.3, -0.25) is 14.2 Å². The Balaban J connectivity index is 1.81. The molecular formula is C13H11N5O2S2. The Hall–Kier alpha value is -2.39. The van der Waals surface area contributed by atoms with E-state index >= 15 is 0 Å². The minimum atomic E-state index is -0.244. The van der Waals surface area contributed by atoms with E-state index in [2.05, 4.69) is 20.5 Å². The van der Waals surface area contributed by atoms with Crippen molar-refractivity contribution in [2.45, 2.75) is 13.0 Å². The summed E-state index contributed by atoms with van der Waals surface area (Å²) >= 11 is 6.42. The van der Waals surface area contributed by atoms with Gasteiger partial charge in [0.2, 0.25) is 11.0 Å². The molecule has 0 radical (unpaired) electrons. The van der Waals surface area contributed by atoms with Crippen molar-refractivity contribution in [3.05, 3.63) is 44.9 Å². The molecule has 3 aromatic rings. The van der Waals surface area contributed by atoms with E-state index in [9.17, 15) is 9.59 Å². The number of hydrogen-bond donors (Lipinski definition) is 2. The minimum absolute atomic E-state index is 0.120. The summed E-state index contributed by atoms with van der Waals surface area (Å²) in [6.07, 6.45) is 0.120. The highest BCUT2D eigenvalue weighted by Crippen LogP contribution is 2.09. The predicted octanol–water partition coefficient (Wildman–Crippen LogP) is 1.94. The lowest BCUT2D eigenvalue weighted by Gasteiger charge is -2.07. The van der Waals surface area contributed by atoms with Crippen LogP contribution < -0.4 is 10.9 Å². The van der Waals surface area contributed by atoms with Crippen molar-refractivity contribution in [2.24, 2.45) is 0 Å². The third-order valence-corrected chi connectivity index (χ3v) is 3.99. The second-order valence-corrected chi connectivity index (χ2v) is 5.69. The van der Waals surface area contributed by atoms with Crippen molar-refractivity contribution in [2.75, 3.05) is 5.32 Å². The molecule has 0 saturated heterocycles. The van der Waals surface area contributed by atoms with Gasteiger partial charge in [0, 0.05) is 13.0 Å². The van der Waals surface area contributed by atoms with Crippen LogP contribution in [0.1, 0.15) is 6.42 Å². The number of anilines is 1. The van der Waals surface area contributed by atoms with Crippen molar-refractivity contribution in [3.63, 3.8) is 0 Å². The number of H-pyrrole nitrogens is 1. The quantitative estimate of drug-likeness (QED) is 0.712. The van der Waals surface area contributed by atoms with Gasteiger partial charge in [0.05, 0.1) is 10.9 Å². The molecule has 112 valence electrons. The third kappa shape index (κ3) is 2.95. The number of para-hydroxylation sites is 1. The zero-order chi connectivity index (χ0) is 15.5. The van der Waals surface area contributed by atoms with Gasteiger partial charge >= 0.3 is 0 Å². The van der Waals surface area contributed by atoms with Crippen molar-refractivity contribution < 1.29 is 4.79 Å². The summed E-state index contributed by atoms with van der Waals surface area (Å²) in [5.41, 5.74) is 2.01. The smallest absolute Gasteiger partial charge is 0.262 e. The number of nitrogens with one attached hydrogen (secondary N) is 2. The number of carbonyl (C=O) groups is 1. The molecule has 0 fully saturated rings. The van der Waals surface area contributed by atoms with Crippen LogP contribution in [0.3, 0.4) is 0 Å². The predicted molar refractivity (Wildman–Crippen MR) is 86.5 cm³/mol. The van der Waals surface area contributed by atoms with Crippen LogP contribution in [0.4, 0.5) is 5.13 Å². The highest BCUT2D eigenvalue weighted by molar-refractivity contribution is 7.71. The van der Waals surface area contributed by atoms with Crippen LogP contribution in [0.5, 0.6) is 0 Å². The molecule has 0 bridgehead atoms. The van der Waals surface area contributed by atoms with Crippen LogP contribution in [0, 0.1) is 4.77 Å². The molecule has 1 aromatic carbocycles. The Morgan fingerprint density at radius 3 is 3.00 bits per heavy atom. The second-order valence-electron chi connectivity index (χ2n) is 4.47. The Labute approximate surface area is 133 Å². The van der Waals surface area contributed by atoms with E-state index < -0.39 is 0 Å². The zero-order valence-corrected chi connectivity index (χ0v) is 12.9. The van der Waals surface area contributed by atoms with Gasteiger partial charge in [0.1, 0.15) is 5.51 Å². The summed E-state index contributed by atoms with van der Waals surface area (Å²) in [7, 11) is 0. The van der Waals surface area contributed by atoms with Crippen molar-refractivity contribution in [1.29, 1.82) is 0 Å². The number of amides is 1. The number of rotatable bonds is 4. The van der Waals surface area contributed by atoms with Gasteiger partial charge in [-0.25, -0.2) is 0 Å². The largest absolute Gasteiger partial charge is 0.332 e. The van der Waals surface area contributed by atoms with E-state index in [0.29, 0.717) is 20.8 Å². The maximum absolute atomic E-state index is 12.4. The molecule has 2 aromatic heterocycles. The molecule has 22 heavy (non-hydrogen) atoms. The van der Waals surface area contributed by atoms with Crippen LogP contribution in [-0.2, 0) is 11.3 Å². The number of hydrogen-bond acceptors (Lipinski definition) is 6. The van der Waals surface area contributed by atoms with E-state index in [1.54, 1.807) is 18.2 Å². The van der Waals surface area contributed by atoms with Gasteiger partial charge in [-0.15, -0.1) is 10.2 Å². The molecule has 7 nitrogen and oxygen atoms in total. The van der Waals surface area contributed by atoms with Crippen molar-refractivity contribution in [1.82, 2.24) is 19.7 Å². The first kappa shape index (κ1) is 14.5. The maximum atomic E-state index is 12.4. The first-order valence-electron chi connectivity index (χ1n) is 6.43. The lowest BCUT2D eigenvalue weighted by Crippen LogP contribution is -2.25. The van der Waals surface area contributed by atoms with E-state index in [1.807, 2.05) is 6.07 Å². The van der Waals surface area contributed by atoms with Gasteiger partial charge in [0.15, 0.2) is 4.77 Å².